The molecule has 1 aromatic carbocycles. The number of anilines is 1. The smallest absolute Gasteiger partial charge is 0.321 e. The molecule has 0 fully saturated rings. The van der Waals surface area contributed by atoms with Crippen LogP contribution < -0.4 is 10.0 Å². The van der Waals surface area contributed by atoms with E-state index in [1.807, 2.05) is 0 Å². The van der Waals surface area contributed by atoms with Crippen molar-refractivity contribution in [1.29, 1.82) is 0 Å². The van der Waals surface area contributed by atoms with Gasteiger partial charge in [-0.3, -0.25) is 14.9 Å². The number of hydrogen-bond acceptors (Lipinski definition) is 6. The van der Waals surface area contributed by atoms with Gasteiger partial charge in [-0.1, -0.05) is 11.3 Å². The van der Waals surface area contributed by atoms with Gasteiger partial charge in [0, 0.05) is 28.3 Å². The molecular formula is C14H11N3O5S2. The van der Waals surface area contributed by atoms with Gasteiger partial charge in [-0.05, 0) is 36.9 Å². The minimum Gasteiger partial charge on any atom is -0.321 e. The first kappa shape index (κ1) is 16.3. The Labute approximate surface area is 141 Å². The lowest BCUT2D eigenvalue weighted by molar-refractivity contribution is -0.380. The van der Waals surface area contributed by atoms with Crippen LogP contribution >= 0.6 is 11.3 Å². The van der Waals surface area contributed by atoms with E-state index in [1.165, 1.54) is 37.4 Å². The van der Waals surface area contributed by atoms with E-state index in [1.54, 1.807) is 5.38 Å². The predicted molar refractivity (Wildman–Crippen MR) is 90.2 cm³/mol. The average Bonchev–Trinajstić information content (AvgIpc) is 3.13. The highest BCUT2D eigenvalue weighted by Crippen LogP contribution is 2.35. The zero-order chi connectivity index (χ0) is 17.5. The largest absolute Gasteiger partial charge is 0.324 e. The summed E-state index contributed by atoms with van der Waals surface area (Å²) in [6.07, 6.45) is 1.50. The quantitative estimate of drug-likeness (QED) is 0.488. The van der Waals surface area contributed by atoms with Gasteiger partial charge in [0.25, 0.3) is 5.91 Å². The fraction of sp³-hybridized carbons (Fsp3) is 0.0714. The summed E-state index contributed by atoms with van der Waals surface area (Å²) in [6, 6.07) is 5.65. The topological polar surface area (TPSA) is 118 Å². The van der Waals surface area contributed by atoms with Crippen molar-refractivity contribution in [2.45, 2.75) is 4.90 Å². The molecule has 0 radical (unpaired) electrons. The van der Waals surface area contributed by atoms with Crippen LogP contribution in [0.15, 0.2) is 34.5 Å². The standard InChI is InChI=1S/C14H11N3O5S2/c1-15-24(21,22)9-2-3-12-10(6-9)11(14(18)16-12)4-8-5-13(17(19)20)23-7-8/h2-7,15H,1H3,(H,16,18). The number of hydrogen-bond donors (Lipinski definition) is 2. The summed E-state index contributed by atoms with van der Waals surface area (Å²) in [6.45, 7) is 0. The second-order valence-corrected chi connectivity index (χ2v) is 7.68. The van der Waals surface area contributed by atoms with Crippen LogP contribution in [0.25, 0.3) is 11.6 Å². The number of nitrogens with zero attached hydrogens (tertiary/aromatic N) is 1. The zero-order valence-corrected chi connectivity index (χ0v) is 13.9. The van der Waals surface area contributed by atoms with Gasteiger partial charge in [-0.25, -0.2) is 13.1 Å². The van der Waals surface area contributed by atoms with Crippen LogP contribution in [0.1, 0.15) is 11.1 Å². The van der Waals surface area contributed by atoms with Crippen molar-refractivity contribution in [3.63, 3.8) is 0 Å². The summed E-state index contributed by atoms with van der Waals surface area (Å²) in [7, 11) is -2.35. The first-order valence-corrected chi connectivity index (χ1v) is 9.02. The van der Waals surface area contributed by atoms with E-state index in [9.17, 15) is 23.3 Å². The van der Waals surface area contributed by atoms with Crippen LogP contribution in [0, 0.1) is 10.1 Å². The molecule has 1 aliphatic heterocycles. The van der Waals surface area contributed by atoms with Crippen LogP contribution in [0.5, 0.6) is 0 Å². The number of carbonyl (C=O) groups is 1. The van der Waals surface area contributed by atoms with Crippen LogP contribution in [-0.4, -0.2) is 26.3 Å². The molecule has 3 rings (SSSR count). The molecule has 1 aromatic heterocycles. The van der Waals surface area contributed by atoms with E-state index in [-0.39, 0.29) is 15.5 Å². The molecule has 0 saturated carbocycles. The van der Waals surface area contributed by atoms with Gasteiger partial charge in [-0.2, -0.15) is 0 Å². The Morgan fingerprint density at radius 3 is 2.71 bits per heavy atom. The lowest BCUT2D eigenvalue weighted by atomic mass is 10.1. The van der Waals surface area contributed by atoms with E-state index < -0.39 is 20.9 Å². The van der Waals surface area contributed by atoms with Gasteiger partial charge in [0.05, 0.1) is 9.82 Å². The average molecular weight is 365 g/mol. The molecule has 0 aliphatic carbocycles. The van der Waals surface area contributed by atoms with Crippen molar-refractivity contribution in [2.75, 3.05) is 12.4 Å². The minimum atomic E-state index is -3.64. The molecule has 2 aromatic rings. The number of thiophene rings is 1. The maximum Gasteiger partial charge on any atom is 0.324 e. The van der Waals surface area contributed by atoms with Crippen molar-refractivity contribution in [2.24, 2.45) is 0 Å². The van der Waals surface area contributed by atoms with E-state index in [0.717, 1.165) is 11.3 Å². The lowest BCUT2D eigenvalue weighted by Gasteiger charge is -2.05. The molecule has 24 heavy (non-hydrogen) atoms. The third-order valence-electron chi connectivity index (χ3n) is 3.45. The van der Waals surface area contributed by atoms with Crippen molar-refractivity contribution >= 4 is 49.6 Å². The fourth-order valence-electron chi connectivity index (χ4n) is 2.27. The molecule has 8 nitrogen and oxygen atoms in total. The van der Waals surface area contributed by atoms with Gasteiger partial charge in [-0.15, -0.1) is 0 Å². The number of benzene rings is 1. The first-order valence-electron chi connectivity index (χ1n) is 6.66. The first-order chi connectivity index (χ1) is 11.3. The molecule has 0 atom stereocenters. The number of nitro groups is 1. The Hall–Kier alpha value is -2.56. The molecule has 124 valence electrons. The fourth-order valence-corrected chi connectivity index (χ4v) is 3.71. The Balaban J connectivity index is 2.08. The molecule has 10 heteroatoms. The van der Waals surface area contributed by atoms with Gasteiger partial charge in [0.15, 0.2) is 0 Å². The predicted octanol–water partition coefficient (Wildman–Crippen LogP) is 2.06. The van der Waals surface area contributed by atoms with Crippen molar-refractivity contribution in [1.82, 2.24) is 4.72 Å². The zero-order valence-electron chi connectivity index (χ0n) is 12.3. The van der Waals surface area contributed by atoms with E-state index >= 15 is 0 Å². The number of rotatable bonds is 4. The third kappa shape index (κ3) is 2.82. The normalized spacial score (nSPS) is 15.4. The molecule has 0 saturated heterocycles. The highest BCUT2D eigenvalue weighted by Gasteiger charge is 2.26. The summed E-state index contributed by atoms with van der Waals surface area (Å²) in [4.78, 5) is 22.4. The molecule has 2 heterocycles. The van der Waals surface area contributed by atoms with Gasteiger partial charge in [0.2, 0.25) is 10.0 Å². The summed E-state index contributed by atoms with van der Waals surface area (Å²) >= 11 is 0.953. The second-order valence-electron chi connectivity index (χ2n) is 4.90. The van der Waals surface area contributed by atoms with Crippen LogP contribution in [0.2, 0.25) is 0 Å². The SMILES string of the molecule is CNS(=O)(=O)c1ccc2c(c1)C(=Cc1csc([N+](=O)[O-])c1)C(=O)N2. The Morgan fingerprint density at radius 1 is 1.33 bits per heavy atom. The maximum absolute atomic E-state index is 12.1. The van der Waals surface area contributed by atoms with Gasteiger partial charge >= 0.3 is 5.00 Å². The van der Waals surface area contributed by atoms with Crippen molar-refractivity contribution in [3.8, 4) is 0 Å². The summed E-state index contributed by atoms with van der Waals surface area (Å²) in [5, 5.41) is 14.9. The van der Waals surface area contributed by atoms with Gasteiger partial charge in [0.1, 0.15) is 0 Å². The molecule has 0 bridgehead atoms. The monoisotopic (exact) mass is 365 g/mol. The highest BCUT2D eigenvalue weighted by molar-refractivity contribution is 7.89. The van der Waals surface area contributed by atoms with Crippen LogP contribution in [0.3, 0.4) is 0 Å². The molecule has 0 spiro atoms. The molecule has 2 N–H and O–H groups in total. The second kappa shape index (κ2) is 5.82. The highest BCUT2D eigenvalue weighted by atomic mass is 32.2. The maximum atomic E-state index is 12.1. The Kier molecular flexibility index (Phi) is 3.95. The molecule has 1 amide bonds. The molecule has 1 aliphatic rings. The van der Waals surface area contributed by atoms with Crippen molar-refractivity contribution in [3.05, 3.63) is 50.9 Å². The van der Waals surface area contributed by atoms with E-state index in [0.29, 0.717) is 16.8 Å². The van der Waals surface area contributed by atoms with Crippen LogP contribution in [0.4, 0.5) is 10.7 Å². The number of carbonyl (C=O) groups excluding carboxylic acids is 1. The number of amides is 1. The lowest BCUT2D eigenvalue weighted by Crippen LogP contribution is -2.18. The summed E-state index contributed by atoms with van der Waals surface area (Å²) in [5.41, 5.74) is 1.69. The number of sulfonamides is 1. The number of fused-ring (bicyclic) bond motifs is 1. The number of nitrogens with one attached hydrogen (secondary N) is 2. The Bertz CT molecular complexity index is 992. The summed E-state index contributed by atoms with van der Waals surface area (Å²) in [5.74, 6) is -0.391. The Morgan fingerprint density at radius 2 is 2.08 bits per heavy atom. The van der Waals surface area contributed by atoms with E-state index in [2.05, 4.69) is 10.0 Å². The summed E-state index contributed by atoms with van der Waals surface area (Å²) < 4.78 is 26.0. The van der Waals surface area contributed by atoms with Crippen molar-refractivity contribution < 1.29 is 18.1 Å². The molecule has 0 unspecified atom stereocenters. The molecular weight excluding hydrogens is 354 g/mol. The third-order valence-corrected chi connectivity index (χ3v) is 5.76. The van der Waals surface area contributed by atoms with E-state index in [4.69, 9.17) is 0 Å². The minimum absolute atomic E-state index is 0.0300. The van der Waals surface area contributed by atoms with Gasteiger partial charge < -0.3 is 5.32 Å². The van der Waals surface area contributed by atoms with Crippen LogP contribution in [-0.2, 0) is 14.8 Å².